The molecule has 0 saturated carbocycles. The first-order valence-electron chi connectivity index (χ1n) is 12.8. The fourth-order valence-electron chi connectivity index (χ4n) is 6.69. The summed E-state index contributed by atoms with van der Waals surface area (Å²) in [7, 11) is 0. The molecule has 0 N–H and O–H groups in total. The fourth-order valence-corrected chi connectivity index (χ4v) is 6.69. The molecule has 0 unspecified atom stereocenters. The van der Waals surface area contributed by atoms with Gasteiger partial charge in [0.05, 0.1) is 0 Å². The van der Waals surface area contributed by atoms with E-state index >= 15 is 0 Å². The van der Waals surface area contributed by atoms with Crippen molar-refractivity contribution >= 4 is 51.2 Å². The van der Waals surface area contributed by atoms with Crippen LogP contribution in [0.3, 0.4) is 0 Å². The molecule has 0 bridgehead atoms. The molecule has 2 heteroatoms. The van der Waals surface area contributed by atoms with Crippen molar-refractivity contribution in [3.8, 4) is 11.1 Å². The third-order valence-corrected chi connectivity index (χ3v) is 8.08. The van der Waals surface area contributed by atoms with Gasteiger partial charge in [-0.2, -0.15) is 0 Å². The van der Waals surface area contributed by atoms with Gasteiger partial charge in [-0.25, -0.2) is 0 Å². The molecule has 5 aromatic carbocycles. The van der Waals surface area contributed by atoms with Crippen molar-refractivity contribution in [2.75, 3.05) is 0 Å². The molecule has 0 fully saturated rings. The van der Waals surface area contributed by atoms with E-state index in [1.807, 2.05) is 0 Å². The van der Waals surface area contributed by atoms with Crippen LogP contribution in [-0.4, -0.2) is 11.3 Å². The van der Waals surface area contributed by atoms with E-state index in [4.69, 9.17) is 0 Å². The second-order valence-electron chi connectivity index (χ2n) is 10.2. The minimum Gasteiger partial charge on any atom is -0.375 e. The van der Waals surface area contributed by atoms with Gasteiger partial charge in [0.25, 0.3) is 0 Å². The van der Waals surface area contributed by atoms with E-state index in [0.717, 1.165) is 6.42 Å². The lowest BCUT2D eigenvalue weighted by atomic mass is 9.46. The molecule has 0 saturated heterocycles. The smallest absolute Gasteiger partial charge is 0.330 e. The molecule has 0 atom stereocenters. The molecule has 36 heavy (non-hydrogen) atoms. The zero-order valence-corrected chi connectivity index (χ0v) is 20.2. The number of hydrogen-bond donors (Lipinski definition) is 0. The maximum Gasteiger partial charge on any atom is 0.330 e. The summed E-state index contributed by atoms with van der Waals surface area (Å²) >= 11 is 0. The van der Waals surface area contributed by atoms with Crippen LogP contribution < -0.4 is 10.9 Å². The maximum absolute atomic E-state index is 2.62. The van der Waals surface area contributed by atoms with Gasteiger partial charge in [-0.3, -0.25) is 0 Å². The number of aromatic nitrogens is 1. The van der Waals surface area contributed by atoms with E-state index < -0.39 is 0 Å². The quantitative estimate of drug-likeness (QED) is 0.251. The van der Waals surface area contributed by atoms with Crippen LogP contribution in [0.15, 0.2) is 109 Å². The van der Waals surface area contributed by atoms with E-state index in [1.165, 1.54) is 71.7 Å². The highest BCUT2D eigenvalue weighted by Gasteiger charge is 2.38. The lowest BCUT2D eigenvalue weighted by Gasteiger charge is -2.29. The third kappa shape index (κ3) is 2.67. The summed E-state index contributed by atoms with van der Waals surface area (Å²) in [6, 6.07) is 40.5. The Hall–Kier alpha value is -4.30. The molecule has 168 valence electrons. The van der Waals surface area contributed by atoms with Crippen LogP contribution in [0.2, 0.25) is 0 Å². The first-order chi connectivity index (χ1) is 17.8. The molecule has 0 amide bonds. The molecule has 1 aromatic heterocycles. The van der Waals surface area contributed by atoms with E-state index in [-0.39, 0.29) is 6.85 Å². The molecular formula is C34H24BN. The standard InChI is InChI=1S/C34H24BN/c1-22-18-25-21-24(20-23-10-3-2-4-11-23)26-12-5-7-16-31(26)35-33(25)30(19-22)29-15-9-14-28-27-13-6-8-17-32(27)36(35)34(28)29/h2-19,21H,20H2,1H3. The van der Waals surface area contributed by atoms with Gasteiger partial charge in [0.2, 0.25) is 0 Å². The lowest BCUT2D eigenvalue weighted by molar-refractivity contribution is 1.29. The summed E-state index contributed by atoms with van der Waals surface area (Å²) in [5.41, 5.74) is 14.9. The first kappa shape index (κ1) is 20.0. The maximum atomic E-state index is 2.62. The van der Waals surface area contributed by atoms with Crippen LogP contribution in [0.25, 0.3) is 44.6 Å². The number of fused-ring (bicyclic) bond motifs is 7. The van der Waals surface area contributed by atoms with Crippen LogP contribution in [0.5, 0.6) is 0 Å². The minimum absolute atomic E-state index is 0.133. The van der Waals surface area contributed by atoms with Crippen LogP contribution in [0, 0.1) is 6.92 Å². The van der Waals surface area contributed by atoms with Crippen molar-refractivity contribution in [2.45, 2.75) is 13.3 Å². The Morgan fingerprint density at radius 3 is 2.33 bits per heavy atom. The normalized spacial score (nSPS) is 13.4. The van der Waals surface area contributed by atoms with Gasteiger partial charge in [-0.15, -0.1) is 0 Å². The number of para-hydroxylation sites is 2. The van der Waals surface area contributed by atoms with Crippen molar-refractivity contribution in [2.24, 2.45) is 0 Å². The average molecular weight is 457 g/mol. The first-order valence-corrected chi connectivity index (χ1v) is 12.8. The molecular weight excluding hydrogens is 433 g/mol. The largest absolute Gasteiger partial charge is 0.375 e. The van der Waals surface area contributed by atoms with Gasteiger partial charge in [0.15, 0.2) is 0 Å². The van der Waals surface area contributed by atoms with Crippen molar-refractivity contribution < 1.29 is 0 Å². The number of benzene rings is 5. The van der Waals surface area contributed by atoms with Gasteiger partial charge in [0, 0.05) is 27.4 Å². The lowest BCUT2D eigenvalue weighted by Crippen LogP contribution is -2.52. The van der Waals surface area contributed by atoms with E-state index in [0.29, 0.717) is 0 Å². The molecule has 2 aliphatic heterocycles. The number of nitrogens with zero attached hydrogens (tertiary/aromatic N) is 1. The highest BCUT2D eigenvalue weighted by atomic mass is 14.9. The van der Waals surface area contributed by atoms with Gasteiger partial charge in [0.1, 0.15) is 0 Å². The van der Waals surface area contributed by atoms with Crippen molar-refractivity contribution in [3.63, 3.8) is 0 Å². The van der Waals surface area contributed by atoms with Crippen LogP contribution in [-0.2, 0) is 6.42 Å². The Morgan fingerprint density at radius 1 is 0.667 bits per heavy atom. The summed E-state index contributed by atoms with van der Waals surface area (Å²) in [6.07, 6.45) is 3.39. The topological polar surface area (TPSA) is 4.93 Å². The number of hydrogen-bond acceptors (Lipinski definition) is 0. The SMILES string of the molecule is Cc1cc2c3c(c1)-c1cccc4c5ccccc5n(c14)B3c1ccccc1C(Cc1ccccc1)=C2. The van der Waals surface area contributed by atoms with E-state index in [1.54, 1.807) is 0 Å². The summed E-state index contributed by atoms with van der Waals surface area (Å²) in [5.74, 6) is 0. The molecule has 3 heterocycles. The predicted octanol–water partition coefficient (Wildman–Crippen LogP) is 6.83. The summed E-state index contributed by atoms with van der Waals surface area (Å²) in [6.45, 7) is 2.37. The zero-order chi connectivity index (χ0) is 23.8. The van der Waals surface area contributed by atoms with E-state index in [2.05, 4.69) is 127 Å². The number of rotatable bonds is 2. The second kappa shape index (κ2) is 7.35. The van der Waals surface area contributed by atoms with Crippen molar-refractivity contribution in [3.05, 3.63) is 131 Å². The third-order valence-electron chi connectivity index (χ3n) is 8.08. The van der Waals surface area contributed by atoms with Crippen LogP contribution >= 0.6 is 0 Å². The van der Waals surface area contributed by atoms with Gasteiger partial charge >= 0.3 is 6.85 Å². The van der Waals surface area contributed by atoms with Crippen LogP contribution in [0.1, 0.15) is 22.3 Å². The second-order valence-corrected chi connectivity index (χ2v) is 10.2. The van der Waals surface area contributed by atoms with Gasteiger partial charge in [-0.1, -0.05) is 109 Å². The number of aryl methyl sites for hydroxylation is 1. The fraction of sp³-hybridized carbons (Fsp3) is 0.0588. The average Bonchev–Trinajstić information content (AvgIpc) is 3.18. The van der Waals surface area contributed by atoms with Gasteiger partial charge in [-0.05, 0) is 63.7 Å². The zero-order valence-electron chi connectivity index (χ0n) is 20.2. The Balaban J connectivity index is 1.53. The molecule has 6 aromatic rings. The van der Waals surface area contributed by atoms with Crippen molar-refractivity contribution in [1.82, 2.24) is 4.48 Å². The van der Waals surface area contributed by atoms with Gasteiger partial charge < -0.3 is 4.48 Å². The Bertz CT molecular complexity index is 1870. The van der Waals surface area contributed by atoms with Crippen molar-refractivity contribution in [1.29, 1.82) is 0 Å². The summed E-state index contributed by atoms with van der Waals surface area (Å²) in [5, 5.41) is 2.68. The molecule has 8 rings (SSSR count). The minimum atomic E-state index is 0.133. The highest BCUT2D eigenvalue weighted by molar-refractivity contribution is 6.88. The van der Waals surface area contributed by atoms with E-state index in [9.17, 15) is 0 Å². The van der Waals surface area contributed by atoms with Crippen LogP contribution in [0.4, 0.5) is 0 Å². The Labute approximate surface area is 211 Å². The molecule has 0 spiro atoms. The monoisotopic (exact) mass is 457 g/mol. The Morgan fingerprint density at radius 2 is 1.42 bits per heavy atom. The molecule has 1 nitrogen and oxygen atoms in total. The molecule has 2 aliphatic rings. The Kier molecular flexibility index (Phi) is 4.07. The summed E-state index contributed by atoms with van der Waals surface area (Å²) < 4.78 is 2.62. The summed E-state index contributed by atoms with van der Waals surface area (Å²) in [4.78, 5) is 0. The molecule has 0 radical (unpaired) electrons. The number of allylic oxidation sites excluding steroid dienone is 1. The predicted molar refractivity (Wildman–Crippen MR) is 154 cm³/mol. The molecule has 0 aliphatic carbocycles. The highest BCUT2D eigenvalue weighted by Crippen LogP contribution is 2.41.